The topological polar surface area (TPSA) is 126 Å². The Bertz CT molecular complexity index is 1040. The van der Waals surface area contributed by atoms with Gasteiger partial charge < -0.3 is 20.2 Å². The molecule has 162 valence electrons. The number of benzene rings is 1. The van der Waals surface area contributed by atoms with Gasteiger partial charge in [0.25, 0.3) is 5.91 Å². The molecule has 8 nitrogen and oxygen atoms in total. The van der Waals surface area contributed by atoms with Crippen molar-refractivity contribution in [1.82, 2.24) is 10.6 Å². The predicted molar refractivity (Wildman–Crippen MR) is 121 cm³/mol. The average molecular weight is 441 g/mol. The zero-order valence-electron chi connectivity index (χ0n) is 17.3. The van der Waals surface area contributed by atoms with Crippen LogP contribution in [0.1, 0.15) is 42.8 Å². The molecular weight excluding hydrogens is 416 g/mol. The summed E-state index contributed by atoms with van der Waals surface area (Å²) in [6.45, 7) is 3.78. The molecule has 9 heteroatoms. The lowest BCUT2D eigenvalue weighted by atomic mass is 10.1. The number of carboxylic acid groups (broad SMARTS) is 1. The highest BCUT2D eigenvalue weighted by Gasteiger charge is 2.38. The smallest absolute Gasteiger partial charge is 0.313 e. The highest BCUT2D eigenvalue weighted by Crippen LogP contribution is 2.26. The second-order valence-corrected chi connectivity index (χ2v) is 8.88. The van der Waals surface area contributed by atoms with E-state index >= 15 is 0 Å². The molecule has 1 amide bonds. The largest absolute Gasteiger partial charge is 0.481 e. The van der Waals surface area contributed by atoms with E-state index in [-0.39, 0.29) is 23.7 Å². The number of hydrogen-bond donors (Lipinski definition) is 3. The molecule has 2 aromatic rings. The zero-order chi connectivity index (χ0) is 22.0. The second kappa shape index (κ2) is 9.07. The molecule has 0 spiro atoms. The van der Waals surface area contributed by atoms with Gasteiger partial charge in [0.15, 0.2) is 5.76 Å². The van der Waals surface area contributed by atoms with Gasteiger partial charge >= 0.3 is 5.97 Å². The molecule has 2 unspecified atom stereocenters. The van der Waals surface area contributed by atoms with Crippen molar-refractivity contribution in [1.29, 1.82) is 0 Å². The van der Waals surface area contributed by atoms with Crippen molar-refractivity contribution >= 4 is 34.4 Å². The number of furan rings is 1. The van der Waals surface area contributed by atoms with E-state index < -0.39 is 5.97 Å². The quantitative estimate of drug-likeness (QED) is 0.251. The third kappa shape index (κ3) is 5.62. The van der Waals surface area contributed by atoms with Crippen LogP contribution in [-0.2, 0) is 4.79 Å². The van der Waals surface area contributed by atoms with Gasteiger partial charge in [0.05, 0.1) is 16.8 Å². The number of hydrogen-bond acceptors (Lipinski definition) is 7. The molecule has 0 radical (unpaired) electrons. The number of carboxylic acids is 1. The van der Waals surface area contributed by atoms with E-state index in [9.17, 15) is 9.59 Å². The second-order valence-electron chi connectivity index (χ2n) is 7.71. The van der Waals surface area contributed by atoms with E-state index in [1.807, 2.05) is 31.2 Å². The van der Waals surface area contributed by atoms with Gasteiger partial charge in [-0.15, -0.1) is 10.2 Å². The van der Waals surface area contributed by atoms with Crippen LogP contribution >= 0.6 is 11.8 Å². The van der Waals surface area contributed by atoms with Gasteiger partial charge in [0, 0.05) is 23.2 Å². The van der Waals surface area contributed by atoms with Gasteiger partial charge in [-0.05, 0) is 51.0 Å². The molecule has 1 aliphatic carbocycles. The van der Waals surface area contributed by atoms with Crippen molar-refractivity contribution < 1.29 is 19.1 Å². The van der Waals surface area contributed by atoms with Crippen LogP contribution in [0.4, 0.5) is 0 Å². The first-order valence-corrected chi connectivity index (χ1v) is 11.1. The molecule has 1 aliphatic heterocycles. The van der Waals surface area contributed by atoms with Crippen LogP contribution in [0, 0.1) is 0 Å². The van der Waals surface area contributed by atoms with Crippen molar-refractivity contribution in [3.05, 3.63) is 47.7 Å². The minimum absolute atomic E-state index is 0.0357. The maximum atomic E-state index is 12.2. The summed E-state index contributed by atoms with van der Waals surface area (Å²) in [5, 5.41) is 24.1. The van der Waals surface area contributed by atoms with E-state index in [1.165, 1.54) is 0 Å². The molecule has 4 rings (SSSR count). The van der Waals surface area contributed by atoms with Gasteiger partial charge in [0.1, 0.15) is 11.5 Å². The van der Waals surface area contributed by atoms with Gasteiger partial charge in [-0.2, -0.15) is 0 Å². The van der Waals surface area contributed by atoms with E-state index in [0.29, 0.717) is 33.9 Å². The van der Waals surface area contributed by atoms with Crippen LogP contribution < -0.4 is 10.6 Å². The highest BCUT2D eigenvalue weighted by atomic mass is 32.2. The average Bonchev–Trinajstić information content (AvgIpc) is 3.65. The summed E-state index contributed by atoms with van der Waals surface area (Å²) < 4.78 is 6.05. The molecule has 2 atom stereocenters. The monoisotopic (exact) mass is 440 g/mol. The normalized spacial score (nSPS) is 21.1. The number of aliphatic carboxylic acids is 1. The summed E-state index contributed by atoms with van der Waals surface area (Å²) in [6, 6.07) is 11.7. The summed E-state index contributed by atoms with van der Waals surface area (Å²) in [5.41, 5.74) is 2.17. The molecule has 1 saturated heterocycles. The molecule has 1 saturated carbocycles. The first kappa shape index (κ1) is 21.3. The van der Waals surface area contributed by atoms with Gasteiger partial charge in [0.2, 0.25) is 0 Å². The Balaban J connectivity index is 1.49. The maximum Gasteiger partial charge on any atom is 0.313 e. The Morgan fingerprint density at radius 1 is 1.19 bits per heavy atom. The molecule has 1 aromatic carbocycles. The summed E-state index contributed by atoms with van der Waals surface area (Å²) in [7, 11) is 0. The van der Waals surface area contributed by atoms with Crippen molar-refractivity contribution in [3.63, 3.8) is 0 Å². The maximum absolute atomic E-state index is 12.2. The fourth-order valence-corrected chi connectivity index (χ4v) is 3.47. The van der Waals surface area contributed by atoms with Gasteiger partial charge in [-0.1, -0.05) is 23.9 Å². The molecular formula is C22H24N4O4S. The van der Waals surface area contributed by atoms with E-state index in [1.54, 1.807) is 19.1 Å². The molecule has 31 heavy (non-hydrogen) atoms. The summed E-state index contributed by atoms with van der Waals surface area (Å²) in [5.74, 6) is 0.273. The molecule has 0 bridgehead atoms. The number of carbonyl (C=O) groups is 2. The standard InChI is InChI=1S/C22H24N4O4S/c1-12-20(23-12)21(26-25-13(2)31-11-19(27)28)18-10-9-17(30-18)14-3-5-15(6-4-14)22(29)24-16-7-8-16/h3-6,9-10,12,16,20,23H,7-8,11H2,1-2H3,(H,24,29)(H,27,28). The summed E-state index contributed by atoms with van der Waals surface area (Å²) in [6.07, 6.45) is 2.11. The van der Waals surface area contributed by atoms with Gasteiger partial charge in [-0.3, -0.25) is 9.59 Å². The number of amides is 1. The fraction of sp³-hybridized carbons (Fsp3) is 0.364. The SMILES string of the molecule is CC(=NN=C(c1ccc(-c2ccc(C(=O)NC3CC3)cc2)o1)C1NC1C)SCC(=O)O. The summed E-state index contributed by atoms with van der Waals surface area (Å²) in [4.78, 5) is 22.9. The van der Waals surface area contributed by atoms with Crippen LogP contribution in [0.25, 0.3) is 11.3 Å². The van der Waals surface area contributed by atoms with E-state index in [4.69, 9.17) is 9.52 Å². The minimum Gasteiger partial charge on any atom is -0.481 e. The first-order chi connectivity index (χ1) is 14.9. The molecule has 2 heterocycles. The number of thioether (sulfide) groups is 1. The van der Waals surface area contributed by atoms with Crippen LogP contribution in [0.2, 0.25) is 0 Å². The molecule has 2 aliphatic rings. The van der Waals surface area contributed by atoms with Crippen LogP contribution in [0.5, 0.6) is 0 Å². The Morgan fingerprint density at radius 3 is 2.52 bits per heavy atom. The first-order valence-electron chi connectivity index (χ1n) is 10.1. The fourth-order valence-electron chi connectivity index (χ4n) is 3.04. The van der Waals surface area contributed by atoms with Crippen molar-refractivity contribution in [3.8, 4) is 11.3 Å². The number of nitrogens with one attached hydrogen (secondary N) is 2. The Morgan fingerprint density at radius 2 is 1.90 bits per heavy atom. The van der Waals surface area contributed by atoms with Gasteiger partial charge in [-0.25, -0.2) is 0 Å². The number of rotatable bonds is 8. The lowest BCUT2D eigenvalue weighted by molar-refractivity contribution is -0.133. The lowest BCUT2D eigenvalue weighted by Gasteiger charge is -2.04. The van der Waals surface area contributed by atoms with E-state index in [2.05, 4.69) is 20.8 Å². The van der Waals surface area contributed by atoms with Crippen LogP contribution in [0.15, 0.2) is 51.0 Å². The number of carbonyl (C=O) groups excluding carboxylic acids is 1. The molecule has 2 fully saturated rings. The number of nitrogens with zero attached hydrogens (tertiary/aromatic N) is 2. The van der Waals surface area contributed by atoms with Crippen LogP contribution in [0.3, 0.4) is 0 Å². The minimum atomic E-state index is -0.895. The Hall–Kier alpha value is -2.91. The third-order valence-electron chi connectivity index (χ3n) is 5.03. The predicted octanol–water partition coefficient (Wildman–Crippen LogP) is 3.14. The Kier molecular flexibility index (Phi) is 6.24. The molecule has 3 N–H and O–H groups in total. The zero-order valence-corrected chi connectivity index (χ0v) is 18.1. The van der Waals surface area contributed by atoms with Crippen molar-refractivity contribution in [2.24, 2.45) is 10.2 Å². The third-order valence-corrected chi connectivity index (χ3v) is 5.92. The van der Waals surface area contributed by atoms with Crippen molar-refractivity contribution in [2.45, 2.75) is 44.8 Å². The highest BCUT2D eigenvalue weighted by molar-refractivity contribution is 8.14. The lowest BCUT2D eigenvalue weighted by Crippen LogP contribution is -2.25. The van der Waals surface area contributed by atoms with Crippen molar-refractivity contribution in [2.75, 3.05) is 5.75 Å². The van der Waals surface area contributed by atoms with E-state index in [0.717, 1.165) is 30.2 Å². The summed E-state index contributed by atoms with van der Waals surface area (Å²) >= 11 is 1.13. The van der Waals surface area contributed by atoms with Crippen LogP contribution in [-0.4, -0.2) is 51.6 Å². The Labute approximate surface area is 184 Å². The molecule has 1 aromatic heterocycles.